The highest BCUT2D eigenvalue weighted by Gasteiger charge is 2.55. The molecule has 12 aromatic rings. The number of nitrogens with zero attached hydrogens (tertiary/aromatic N) is 3. The van der Waals surface area contributed by atoms with E-state index in [9.17, 15) is 0 Å². The van der Waals surface area contributed by atoms with Crippen molar-refractivity contribution in [1.82, 2.24) is 15.0 Å². The van der Waals surface area contributed by atoms with E-state index in [4.69, 9.17) is 28.5 Å². The van der Waals surface area contributed by atoms with Crippen LogP contribution in [0.1, 0.15) is 22.3 Å². The number of fused-ring (bicyclic) bond motifs is 14. The van der Waals surface area contributed by atoms with Crippen LogP contribution in [0, 0.1) is 0 Å². The summed E-state index contributed by atoms with van der Waals surface area (Å²) >= 11 is 0. The fourth-order valence-electron chi connectivity index (χ4n) is 10.6. The van der Waals surface area contributed by atoms with Crippen LogP contribution in [0.5, 0.6) is 11.5 Å². The molecule has 1 spiro atoms. The lowest BCUT2D eigenvalue weighted by Gasteiger charge is -2.47. The van der Waals surface area contributed by atoms with Gasteiger partial charge in [-0.05, 0) is 53.6 Å². The van der Waals surface area contributed by atoms with Crippen LogP contribution in [-0.2, 0) is 9.98 Å². The summed E-state index contributed by atoms with van der Waals surface area (Å²) in [5, 5.41) is 6.24. The Kier molecular flexibility index (Phi) is 7.75. The number of hydrogen-bond donors (Lipinski definition) is 0. The van der Waals surface area contributed by atoms with Gasteiger partial charge in [-0.25, -0.2) is 15.0 Å². The fraction of sp³-hybridized carbons (Fsp3) is 0.0172. The molecular formula is C58H34N3O4P. The molecule has 66 heavy (non-hydrogen) atoms. The van der Waals surface area contributed by atoms with Gasteiger partial charge in [0.25, 0.3) is 0 Å². The van der Waals surface area contributed by atoms with Gasteiger partial charge in [0.1, 0.15) is 33.8 Å². The molecule has 2 aliphatic heterocycles. The van der Waals surface area contributed by atoms with E-state index < -0.39 is 12.6 Å². The second kappa shape index (κ2) is 13.8. The molecular weight excluding hydrogens is 834 g/mol. The van der Waals surface area contributed by atoms with Crippen molar-refractivity contribution in [1.29, 1.82) is 0 Å². The lowest BCUT2D eigenvalue weighted by Crippen LogP contribution is -2.47. The summed E-state index contributed by atoms with van der Waals surface area (Å²) in [6, 6.07) is 69.1. The van der Waals surface area contributed by atoms with Gasteiger partial charge in [-0.1, -0.05) is 164 Å². The van der Waals surface area contributed by atoms with Crippen LogP contribution in [0.3, 0.4) is 0 Å². The van der Waals surface area contributed by atoms with Crippen LogP contribution in [0.15, 0.2) is 215 Å². The first kappa shape index (κ1) is 37.0. The third kappa shape index (κ3) is 5.09. The number of furan rings is 2. The zero-order valence-electron chi connectivity index (χ0n) is 35.1. The SMILES string of the molecule is O=P1(c2ccccc2)c2ccccc2C2(c3ccccc3Oc3cc(-c4nc(-c5ccccc5)nc(-c5cccc6c5oc5ccccc56)n4)ccc32)c2cc3c(cc21)oc1ccccc13. The van der Waals surface area contributed by atoms with E-state index in [1.54, 1.807) is 0 Å². The molecule has 2 unspecified atom stereocenters. The van der Waals surface area contributed by atoms with E-state index in [1.807, 2.05) is 146 Å². The van der Waals surface area contributed by atoms with Crippen LogP contribution in [0.2, 0.25) is 0 Å². The van der Waals surface area contributed by atoms with Gasteiger partial charge < -0.3 is 18.1 Å². The minimum Gasteiger partial charge on any atom is -0.457 e. The first-order valence-electron chi connectivity index (χ1n) is 21.9. The van der Waals surface area contributed by atoms with Crippen molar-refractivity contribution < 1.29 is 18.1 Å². The average molecular weight is 868 g/mol. The quantitative estimate of drug-likeness (QED) is 0.163. The molecule has 0 fully saturated rings. The number of para-hydroxylation sites is 4. The Morgan fingerprint density at radius 2 is 1.02 bits per heavy atom. The smallest absolute Gasteiger partial charge is 0.171 e. The largest absolute Gasteiger partial charge is 0.457 e. The van der Waals surface area contributed by atoms with Gasteiger partial charge in [0.05, 0.1) is 11.0 Å². The minimum atomic E-state index is -3.50. The van der Waals surface area contributed by atoms with Gasteiger partial charge in [0, 0.05) is 59.7 Å². The molecule has 7 nitrogen and oxygen atoms in total. The lowest BCUT2D eigenvalue weighted by molar-refractivity contribution is 0.435. The van der Waals surface area contributed by atoms with Gasteiger partial charge in [-0.15, -0.1) is 0 Å². The second-order valence-electron chi connectivity index (χ2n) is 16.9. The fourth-order valence-corrected chi connectivity index (χ4v) is 13.8. The van der Waals surface area contributed by atoms with Gasteiger partial charge in [0.2, 0.25) is 0 Å². The van der Waals surface area contributed by atoms with Crippen LogP contribution < -0.4 is 20.7 Å². The molecule has 0 bridgehead atoms. The van der Waals surface area contributed by atoms with Crippen LogP contribution in [0.25, 0.3) is 78.0 Å². The molecule has 0 saturated heterocycles. The van der Waals surface area contributed by atoms with Gasteiger partial charge >= 0.3 is 0 Å². The van der Waals surface area contributed by atoms with E-state index in [-0.39, 0.29) is 0 Å². The summed E-state index contributed by atoms with van der Waals surface area (Å²) in [6.45, 7) is 0. The van der Waals surface area contributed by atoms with E-state index >= 15 is 4.57 Å². The summed E-state index contributed by atoms with van der Waals surface area (Å²) in [6.07, 6.45) is 0. The zero-order valence-corrected chi connectivity index (χ0v) is 35.9. The van der Waals surface area contributed by atoms with E-state index in [0.717, 1.165) is 87.6 Å². The van der Waals surface area contributed by atoms with Gasteiger partial charge in [-0.3, -0.25) is 0 Å². The molecule has 5 heterocycles. The molecule has 0 aliphatic carbocycles. The molecule has 9 aromatic carbocycles. The highest BCUT2D eigenvalue weighted by molar-refractivity contribution is 7.85. The maximum atomic E-state index is 16.6. The van der Waals surface area contributed by atoms with Crippen molar-refractivity contribution in [2.24, 2.45) is 0 Å². The molecule has 14 rings (SSSR count). The van der Waals surface area contributed by atoms with E-state index in [0.29, 0.717) is 40.1 Å². The molecule has 2 atom stereocenters. The topological polar surface area (TPSA) is 91.2 Å². The van der Waals surface area contributed by atoms with Gasteiger partial charge in [0.15, 0.2) is 24.6 Å². The number of ether oxygens (including phenoxy) is 1. The summed E-state index contributed by atoms with van der Waals surface area (Å²) < 4.78 is 36.6. The first-order chi connectivity index (χ1) is 32.6. The van der Waals surface area contributed by atoms with Crippen molar-refractivity contribution in [2.45, 2.75) is 5.41 Å². The van der Waals surface area contributed by atoms with Crippen molar-refractivity contribution in [3.63, 3.8) is 0 Å². The molecule has 310 valence electrons. The standard InChI is InChI=1S/C58H34N3O4P/c62-66(37-18-5-2-6-19-37)52-29-14-10-25-45(52)58(46-33-42-39-21-8-11-26-47(39)63-50(42)34-53(46)66)43-24-9-13-28-49(43)64-51-32-36(30-31-44(51)58)56-59-55(35-16-3-1-4-17-35)60-57(61-56)41-23-15-22-40-38-20-7-12-27-48(38)65-54(40)41/h1-34H. The van der Waals surface area contributed by atoms with Crippen LogP contribution in [-0.4, -0.2) is 15.0 Å². The average Bonchev–Trinajstić information content (AvgIpc) is 3.95. The maximum absolute atomic E-state index is 16.6. The molecule has 0 N–H and O–H groups in total. The molecule has 2 aliphatic rings. The molecule has 8 heteroatoms. The highest BCUT2D eigenvalue weighted by atomic mass is 31.2. The Balaban J connectivity index is 1.05. The predicted octanol–water partition coefficient (Wildman–Crippen LogP) is 13.1. The Bertz CT molecular complexity index is 4030. The monoisotopic (exact) mass is 867 g/mol. The first-order valence-corrected chi connectivity index (χ1v) is 23.6. The predicted molar refractivity (Wildman–Crippen MR) is 262 cm³/mol. The highest BCUT2D eigenvalue weighted by Crippen LogP contribution is 2.62. The second-order valence-corrected chi connectivity index (χ2v) is 19.6. The maximum Gasteiger partial charge on any atom is 0.171 e. The van der Waals surface area contributed by atoms with Crippen molar-refractivity contribution >= 4 is 66.9 Å². The molecule has 0 amide bonds. The Morgan fingerprint density at radius 1 is 0.394 bits per heavy atom. The summed E-state index contributed by atoms with van der Waals surface area (Å²) in [4.78, 5) is 15.4. The Labute approximate surface area is 378 Å². The van der Waals surface area contributed by atoms with Crippen LogP contribution in [0.4, 0.5) is 0 Å². The van der Waals surface area contributed by atoms with E-state index in [1.165, 1.54) is 0 Å². The number of hydrogen-bond acceptors (Lipinski definition) is 7. The summed E-state index contributed by atoms with van der Waals surface area (Å²) in [7, 11) is -3.50. The summed E-state index contributed by atoms with van der Waals surface area (Å²) in [5.41, 5.74) is 8.12. The normalized spacial score (nSPS) is 17.1. The van der Waals surface area contributed by atoms with Crippen molar-refractivity contribution in [3.05, 3.63) is 229 Å². The number of benzene rings is 9. The number of rotatable bonds is 4. The van der Waals surface area contributed by atoms with E-state index in [2.05, 4.69) is 60.7 Å². The third-order valence-electron chi connectivity index (χ3n) is 13.5. The molecule has 3 aromatic heterocycles. The number of aromatic nitrogens is 3. The lowest BCUT2D eigenvalue weighted by atomic mass is 9.63. The van der Waals surface area contributed by atoms with Crippen molar-refractivity contribution in [3.8, 4) is 45.7 Å². The zero-order chi connectivity index (χ0) is 43.6. The summed E-state index contributed by atoms with van der Waals surface area (Å²) in [5.74, 6) is 2.85. The molecule has 0 radical (unpaired) electrons. The van der Waals surface area contributed by atoms with Crippen LogP contribution >= 0.6 is 7.14 Å². The minimum absolute atomic E-state index is 0.482. The van der Waals surface area contributed by atoms with Crippen molar-refractivity contribution in [2.75, 3.05) is 0 Å². The Morgan fingerprint density at radius 3 is 1.83 bits per heavy atom. The van der Waals surface area contributed by atoms with Gasteiger partial charge in [-0.2, -0.15) is 0 Å². The Hall–Kier alpha value is -8.38. The molecule has 0 saturated carbocycles. The third-order valence-corrected chi connectivity index (χ3v) is 16.6.